The summed E-state index contributed by atoms with van der Waals surface area (Å²) in [6.45, 7) is 3.29. The van der Waals surface area contributed by atoms with E-state index >= 15 is 0 Å². The molecule has 0 spiro atoms. The number of Topliss-reactive ketones (excluding diaryl/α,β-unsaturated/α-hetero) is 1. The largest absolute Gasteiger partial charge is 0.450 e. The van der Waals surface area contributed by atoms with Crippen molar-refractivity contribution in [1.29, 1.82) is 0 Å². The van der Waals surface area contributed by atoms with Gasteiger partial charge in [0.25, 0.3) is 0 Å². The average molecular weight is 270 g/mol. The molecule has 2 aliphatic rings. The van der Waals surface area contributed by atoms with Gasteiger partial charge >= 0.3 is 5.97 Å². The van der Waals surface area contributed by atoms with Gasteiger partial charge in [-0.2, -0.15) is 0 Å². The Balaban J connectivity index is 2.03. The van der Waals surface area contributed by atoms with Crippen molar-refractivity contribution in [3.8, 4) is 0 Å². The summed E-state index contributed by atoms with van der Waals surface area (Å²) in [4.78, 5) is 23.6. The van der Waals surface area contributed by atoms with Crippen molar-refractivity contribution in [3.63, 3.8) is 0 Å². The molecule has 104 valence electrons. The number of ether oxygens (including phenoxy) is 1. The van der Waals surface area contributed by atoms with Gasteiger partial charge in [-0.05, 0) is 35.5 Å². The van der Waals surface area contributed by atoms with Crippen LogP contribution in [0.5, 0.6) is 0 Å². The number of fused-ring (bicyclic) bond motifs is 2. The summed E-state index contributed by atoms with van der Waals surface area (Å²) < 4.78 is 5.30. The SMILES string of the molecule is CC(=O)OC1C(=O)C(C)CC2Cc3ccccc3C=C21. The van der Waals surface area contributed by atoms with Crippen molar-refractivity contribution >= 4 is 17.8 Å². The maximum atomic E-state index is 12.3. The van der Waals surface area contributed by atoms with Crippen LogP contribution in [0.4, 0.5) is 0 Å². The molecule has 0 heterocycles. The number of hydrogen-bond acceptors (Lipinski definition) is 3. The predicted molar refractivity (Wildman–Crippen MR) is 76.0 cm³/mol. The summed E-state index contributed by atoms with van der Waals surface area (Å²) in [5.74, 6) is -0.105. The van der Waals surface area contributed by atoms with Crippen LogP contribution < -0.4 is 0 Å². The predicted octanol–water partition coefficient (Wildman–Crippen LogP) is 2.78. The average Bonchev–Trinajstić information content (AvgIpc) is 2.42. The Kier molecular flexibility index (Phi) is 3.20. The van der Waals surface area contributed by atoms with E-state index in [1.165, 1.54) is 12.5 Å². The third-order valence-corrected chi connectivity index (χ3v) is 4.28. The first-order chi connectivity index (χ1) is 9.56. The molecule has 0 aromatic heterocycles. The van der Waals surface area contributed by atoms with E-state index in [-0.39, 0.29) is 11.7 Å². The third kappa shape index (κ3) is 2.17. The van der Waals surface area contributed by atoms with Crippen molar-refractivity contribution in [3.05, 3.63) is 41.0 Å². The minimum Gasteiger partial charge on any atom is -0.450 e. The number of esters is 1. The van der Waals surface area contributed by atoms with E-state index in [2.05, 4.69) is 6.07 Å². The van der Waals surface area contributed by atoms with Crippen LogP contribution in [0.1, 0.15) is 31.4 Å². The van der Waals surface area contributed by atoms with Gasteiger partial charge in [-0.15, -0.1) is 0 Å². The number of carbonyl (C=O) groups excluding carboxylic acids is 2. The molecule has 0 N–H and O–H groups in total. The van der Waals surface area contributed by atoms with Gasteiger partial charge in [-0.1, -0.05) is 37.3 Å². The Morgan fingerprint density at radius 3 is 2.80 bits per heavy atom. The Morgan fingerprint density at radius 2 is 2.05 bits per heavy atom. The molecule has 20 heavy (non-hydrogen) atoms. The Hall–Kier alpha value is -1.90. The normalized spacial score (nSPS) is 28.2. The molecular weight excluding hydrogens is 252 g/mol. The van der Waals surface area contributed by atoms with Gasteiger partial charge in [0.05, 0.1) is 0 Å². The highest BCUT2D eigenvalue weighted by molar-refractivity contribution is 5.92. The smallest absolute Gasteiger partial charge is 0.303 e. The second-order valence-electron chi connectivity index (χ2n) is 5.77. The van der Waals surface area contributed by atoms with Crippen molar-refractivity contribution in [1.82, 2.24) is 0 Å². The van der Waals surface area contributed by atoms with Crippen molar-refractivity contribution in [2.45, 2.75) is 32.8 Å². The maximum Gasteiger partial charge on any atom is 0.303 e. The summed E-state index contributed by atoms with van der Waals surface area (Å²) in [7, 11) is 0. The molecule has 1 aromatic carbocycles. The molecule has 0 amide bonds. The van der Waals surface area contributed by atoms with Crippen LogP contribution >= 0.6 is 0 Å². The van der Waals surface area contributed by atoms with Gasteiger partial charge in [-0.3, -0.25) is 9.59 Å². The fourth-order valence-electron chi connectivity index (χ4n) is 3.31. The molecule has 0 bridgehead atoms. The molecule has 0 saturated heterocycles. The quantitative estimate of drug-likeness (QED) is 0.737. The highest BCUT2D eigenvalue weighted by Gasteiger charge is 2.41. The van der Waals surface area contributed by atoms with Crippen molar-refractivity contribution in [2.24, 2.45) is 11.8 Å². The highest BCUT2D eigenvalue weighted by atomic mass is 16.5. The van der Waals surface area contributed by atoms with E-state index in [0.717, 1.165) is 24.0 Å². The fourth-order valence-corrected chi connectivity index (χ4v) is 3.31. The second-order valence-corrected chi connectivity index (χ2v) is 5.77. The molecule has 0 radical (unpaired) electrons. The number of carbonyl (C=O) groups is 2. The van der Waals surface area contributed by atoms with Gasteiger partial charge in [0.2, 0.25) is 0 Å². The minimum absolute atomic E-state index is 0.0297. The zero-order valence-corrected chi connectivity index (χ0v) is 11.8. The lowest BCUT2D eigenvalue weighted by molar-refractivity contribution is -0.153. The molecule has 2 aliphatic carbocycles. The van der Waals surface area contributed by atoms with E-state index in [9.17, 15) is 9.59 Å². The second kappa shape index (κ2) is 4.89. The molecule has 0 aliphatic heterocycles. The van der Waals surface area contributed by atoms with Crippen LogP contribution in [0.2, 0.25) is 0 Å². The lowest BCUT2D eigenvalue weighted by atomic mass is 9.70. The van der Waals surface area contributed by atoms with Crippen LogP contribution in [-0.4, -0.2) is 17.9 Å². The standard InChI is InChI=1S/C17H18O3/c1-10-7-14-8-12-5-3-4-6-13(12)9-15(14)17(16(10)19)20-11(2)18/h3-6,9-10,14,17H,7-8H2,1-2H3. The topological polar surface area (TPSA) is 43.4 Å². The molecular formula is C17H18O3. The number of rotatable bonds is 1. The first kappa shape index (κ1) is 13.1. The molecule has 3 heteroatoms. The third-order valence-electron chi connectivity index (χ3n) is 4.28. The van der Waals surface area contributed by atoms with Crippen LogP contribution in [0, 0.1) is 11.8 Å². The Labute approximate surface area is 118 Å². The lowest BCUT2D eigenvalue weighted by Crippen LogP contribution is -2.42. The maximum absolute atomic E-state index is 12.3. The minimum atomic E-state index is -0.686. The summed E-state index contributed by atoms with van der Waals surface area (Å²) >= 11 is 0. The Bertz CT molecular complexity index is 600. The molecule has 1 fully saturated rings. The van der Waals surface area contributed by atoms with Crippen molar-refractivity contribution in [2.75, 3.05) is 0 Å². The van der Waals surface area contributed by atoms with Gasteiger partial charge < -0.3 is 4.74 Å². The van der Waals surface area contributed by atoms with E-state index in [4.69, 9.17) is 4.74 Å². The molecule has 3 nitrogen and oxygen atoms in total. The fraction of sp³-hybridized carbons (Fsp3) is 0.412. The van der Waals surface area contributed by atoms with E-state index < -0.39 is 12.1 Å². The van der Waals surface area contributed by atoms with Crippen LogP contribution in [-0.2, 0) is 20.7 Å². The summed E-state index contributed by atoms with van der Waals surface area (Å²) in [5, 5.41) is 0. The van der Waals surface area contributed by atoms with Gasteiger partial charge in [0.15, 0.2) is 11.9 Å². The summed E-state index contributed by atoms with van der Waals surface area (Å²) in [6, 6.07) is 8.21. The van der Waals surface area contributed by atoms with Crippen LogP contribution in [0.3, 0.4) is 0 Å². The van der Waals surface area contributed by atoms with Gasteiger partial charge in [0, 0.05) is 12.8 Å². The number of hydrogen-bond donors (Lipinski definition) is 0. The Morgan fingerprint density at radius 1 is 1.30 bits per heavy atom. The number of ketones is 1. The molecule has 3 atom stereocenters. The first-order valence-electron chi connectivity index (χ1n) is 7.06. The zero-order chi connectivity index (χ0) is 14.3. The summed E-state index contributed by atoms with van der Waals surface area (Å²) in [6.07, 6.45) is 3.13. The van der Waals surface area contributed by atoms with E-state index in [1.54, 1.807) is 0 Å². The monoisotopic (exact) mass is 270 g/mol. The van der Waals surface area contributed by atoms with Gasteiger partial charge in [0.1, 0.15) is 0 Å². The number of benzene rings is 1. The molecule has 3 unspecified atom stereocenters. The van der Waals surface area contributed by atoms with Gasteiger partial charge in [-0.25, -0.2) is 0 Å². The summed E-state index contributed by atoms with van der Waals surface area (Å²) in [5.41, 5.74) is 3.42. The van der Waals surface area contributed by atoms with E-state index in [0.29, 0.717) is 5.92 Å². The van der Waals surface area contributed by atoms with E-state index in [1.807, 2.05) is 31.2 Å². The molecule has 3 rings (SSSR count). The zero-order valence-electron chi connectivity index (χ0n) is 11.8. The van der Waals surface area contributed by atoms with Crippen LogP contribution in [0.15, 0.2) is 29.8 Å². The van der Waals surface area contributed by atoms with Crippen molar-refractivity contribution < 1.29 is 14.3 Å². The highest BCUT2D eigenvalue weighted by Crippen LogP contribution is 2.40. The lowest BCUT2D eigenvalue weighted by Gasteiger charge is -2.37. The molecule has 1 saturated carbocycles. The molecule has 1 aromatic rings. The van der Waals surface area contributed by atoms with Crippen LogP contribution in [0.25, 0.3) is 6.08 Å². The first-order valence-corrected chi connectivity index (χ1v) is 7.06.